The van der Waals surface area contributed by atoms with E-state index in [9.17, 15) is 0 Å². The van der Waals surface area contributed by atoms with Crippen molar-refractivity contribution in [2.75, 3.05) is 0 Å². The Morgan fingerprint density at radius 3 is 2.50 bits per heavy atom. The van der Waals surface area contributed by atoms with E-state index in [4.69, 9.17) is 0 Å². The topological polar surface area (TPSA) is 12.4 Å². The van der Waals surface area contributed by atoms with Gasteiger partial charge in [0.05, 0.1) is 6.04 Å². The van der Waals surface area contributed by atoms with Crippen LogP contribution in [0.4, 0.5) is 0 Å². The fourth-order valence-corrected chi connectivity index (χ4v) is 1.26. The number of hydrogen-bond donors (Lipinski definition) is 0. The Morgan fingerprint density at radius 1 is 1.75 bits per heavy atom. The van der Waals surface area contributed by atoms with Crippen molar-refractivity contribution >= 4 is 5.71 Å². The quantitative estimate of drug-likeness (QED) is 0.415. The molecule has 0 spiro atoms. The second kappa shape index (κ2) is 0.903. The SMILES string of the molecule is CC1=NC2C=CC12C. The third-order valence-electron chi connectivity index (χ3n) is 2.35. The van der Waals surface area contributed by atoms with E-state index < -0.39 is 0 Å². The van der Waals surface area contributed by atoms with Crippen LogP contribution in [0, 0.1) is 5.41 Å². The first-order valence-corrected chi connectivity index (χ1v) is 2.98. The van der Waals surface area contributed by atoms with Crippen LogP contribution in [0.25, 0.3) is 0 Å². The lowest BCUT2D eigenvalue weighted by atomic mass is 9.66. The summed E-state index contributed by atoms with van der Waals surface area (Å²) >= 11 is 0. The first kappa shape index (κ1) is 4.30. The largest absolute Gasteiger partial charge is 0.285 e. The van der Waals surface area contributed by atoms with Gasteiger partial charge in [-0.25, -0.2) is 0 Å². The van der Waals surface area contributed by atoms with Gasteiger partial charge in [-0.3, -0.25) is 4.99 Å². The molecule has 1 nitrogen and oxygen atoms in total. The molecule has 8 heavy (non-hydrogen) atoms. The van der Waals surface area contributed by atoms with Crippen molar-refractivity contribution in [2.24, 2.45) is 10.4 Å². The fourth-order valence-electron chi connectivity index (χ4n) is 1.26. The number of fused-ring (bicyclic) bond motifs is 1. The van der Waals surface area contributed by atoms with Crippen molar-refractivity contribution in [3.05, 3.63) is 12.2 Å². The maximum absolute atomic E-state index is 4.29. The summed E-state index contributed by atoms with van der Waals surface area (Å²) in [6, 6.07) is 0.544. The minimum Gasteiger partial charge on any atom is -0.285 e. The minimum absolute atomic E-state index is 0.389. The zero-order chi connectivity index (χ0) is 5.78. The lowest BCUT2D eigenvalue weighted by Gasteiger charge is -2.46. The van der Waals surface area contributed by atoms with E-state index in [0.717, 1.165) is 0 Å². The molecular formula is C7H9N. The molecule has 0 amide bonds. The highest BCUT2D eigenvalue weighted by molar-refractivity contribution is 5.97. The van der Waals surface area contributed by atoms with Gasteiger partial charge in [0.25, 0.3) is 0 Å². The molecule has 0 aromatic rings. The van der Waals surface area contributed by atoms with Gasteiger partial charge in [-0.1, -0.05) is 12.2 Å². The summed E-state index contributed by atoms with van der Waals surface area (Å²) in [7, 11) is 0. The zero-order valence-corrected chi connectivity index (χ0v) is 5.18. The Labute approximate surface area is 49.1 Å². The van der Waals surface area contributed by atoms with Crippen LogP contribution < -0.4 is 0 Å². The third-order valence-corrected chi connectivity index (χ3v) is 2.35. The Bertz CT molecular complexity index is 191. The monoisotopic (exact) mass is 107 g/mol. The molecule has 0 radical (unpaired) electrons. The summed E-state index contributed by atoms with van der Waals surface area (Å²) in [5.74, 6) is 0. The van der Waals surface area contributed by atoms with Gasteiger partial charge in [0, 0.05) is 11.1 Å². The van der Waals surface area contributed by atoms with Gasteiger partial charge >= 0.3 is 0 Å². The molecular weight excluding hydrogens is 98.1 g/mol. The van der Waals surface area contributed by atoms with Crippen molar-refractivity contribution in [1.29, 1.82) is 0 Å². The molecule has 0 N–H and O–H groups in total. The van der Waals surface area contributed by atoms with Crippen LogP contribution >= 0.6 is 0 Å². The van der Waals surface area contributed by atoms with E-state index in [-0.39, 0.29) is 0 Å². The Hall–Kier alpha value is -0.590. The van der Waals surface area contributed by atoms with Crippen LogP contribution in [0.2, 0.25) is 0 Å². The van der Waals surface area contributed by atoms with Gasteiger partial charge in [0.1, 0.15) is 0 Å². The third kappa shape index (κ3) is 0.230. The summed E-state index contributed by atoms with van der Waals surface area (Å²) in [4.78, 5) is 4.29. The molecule has 0 aromatic heterocycles. The average Bonchev–Trinajstić information content (AvgIpc) is 1.79. The molecule has 0 saturated carbocycles. The van der Waals surface area contributed by atoms with Crippen molar-refractivity contribution in [3.63, 3.8) is 0 Å². The molecule has 2 unspecified atom stereocenters. The maximum atomic E-state index is 4.29. The summed E-state index contributed by atoms with van der Waals surface area (Å²) < 4.78 is 0. The van der Waals surface area contributed by atoms with Crippen LogP contribution in [0.15, 0.2) is 17.1 Å². The highest BCUT2D eigenvalue weighted by Gasteiger charge is 2.46. The number of aliphatic imine (C=N–C) groups is 1. The molecule has 1 heteroatoms. The van der Waals surface area contributed by atoms with Crippen LogP contribution in [0.5, 0.6) is 0 Å². The highest BCUT2D eigenvalue weighted by Crippen LogP contribution is 2.44. The van der Waals surface area contributed by atoms with E-state index in [1.807, 2.05) is 0 Å². The first-order chi connectivity index (χ1) is 3.73. The van der Waals surface area contributed by atoms with E-state index in [0.29, 0.717) is 11.5 Å². The molecule has 2 aliphatic rings. The van der Waals surface area contributed by atoms with Crippen molar-refractivity contribution in [3.8, 4) is 0 Å². The normalized spacial score (nSPS) is 48.8. The molecule has 0 fully saturated rings. The molecule has 1 aliphatic carbocycles. The molecule has 0 aromatic carbocycles. The van der Waals surface area contributed by atoms with Gasteiger partial charge in [0.15, 0.2) is 0 Å². The summed E-state index contributed by atoms with van der Waals surface area (Å²) in [5, 5.41) is 0. The van der Waals surface area contributed by atoms with Crippen molar-refractivity contribution in [1.82, 2.24) is 0 Å². The van der Waals surface area contributed by atoms with Gasteiger partial charge in [-0.2, -0.15) is 0 Å². The van der Waals surface area contributed by atoms with E-state index in [1.165, 1.54) is 5.71 Å². The van der Waals surface area contributed by atoms with Gasteiger partial charge in [-0.15, -0.1) is 0 Å². The van der Waals surface area contributed by atoms with Gasteiger partial charge in [0.2, 0.25) is 0 Å². The van der Waals surface area contributed by atoms with Crippen LogP contribution in [0.1, 0.15) is 13.8 Å². The maximum Gasteiger partial charge on any atom is 0.0820 e. The number of hydrogen-bond acceptors (Lipinski definition) is 1. The lowest BCUT2D eigenvalue weighted by Crippen LogP contribution is -2.49. The fraction of sp³-hybridized carbons (Fsp3) is 0.571. The standard InChI is InChI=1S/C7H9N/c1-5-7(2)4-3-6(7)8-5/h3-4,6H,1-2H3. The Kier molecular flexibility index (Phi) is 0.486. The number of dihydropyridines is 1. The second-order valence-corrected chi connectivity index (χ2v) is 2.80. The molecule has 2 atom stereocenters. The van der Waals surface area contributed by atoms with Crippen LogP contribution in [0.3, 0.4) is 0 Å². The minimum atomic E-state index is 0.389. The molecule has 0 bridgehead atoms. The van der Waals surface area contributed by atoms with Gasteiger partial charge < -0.3 is 0 Å². The molecule has 1 heterocycles. The van der Waals surface area contributed by atoms with Crippen molar-refractivity contribution < 1.29 is 0 Å². The van der Waals surface area contributed by atoms with E-state index in [2.05, 4.69) is 31.0 Å². The summed E-state index contributed by atoms with van der Waals surface area (Å²) in [6.07, 6.45) is 4.40. The van der Waals surface area contributed by atoms with Crippen LogP contribution in [-0.2, 0) is 0 Å². The van der Waals surface area contributed by atoms with Crippen molar-refractivity contribution in [2.45, 2.75) is 19.9 Å². The molecule has 0 saturated heterocycles. The molecule has 42 valence electrons. The van der Waals surface area contributed by atoms with Crippen LogP contribution in [-0.4, -0.2) is 11.8 Å². The summed E-state index contributed by atoms with van der Waals surface area (Å²) in [6.45, 7) is 4.33. The smallest absolute Gasteiger partial charge is 0.0820 e. The Balaban J connectivity index is 2.42. The number of nitrogens with zero attached hydrogens (tertiary/aromatic N) is 1. The Morgan fingerprint density at radius 2 is 2.50 bits per heavy atom. The zero-order valence-electron chi connectivity index (χ0n) is 5.18. The highest BCUT2D eigenvalue weighted by atomic mass is 14.9. The first-order valence-electron chi connectivity index (χ1n) is 2.98. The predicted octanol–water partition coefficient (Wildman–Crippen LogP) is 1.41. The second-order valence-electron chi connectivity index (χ2n) is 2.80. The molecule has 2 rings (SSSR count). The van der Waals surface area contributed by atoms with Gasteiger partial charge in [-0.05, 0) is 13.8 Å². The molecule has 1 aliphatic heterocycles. The number of rotatable bonds is 0. The lowest BCUT2D eigenvalue weighted by molar-refractivity contribution is 0.415. The average molecular weight is 107 g/mol. The van der Waals surface area contributed by atoms with E-state index >= 15 is 0 Å². The predicted molar refractivity (Wildman–Crippen MR) is 34.1 cm³/mol. The summed E-state index contributed by atoms with van der Waals surface area (Å²) in [5.41, 5.74) is 1.69. The van der Waals surface area contributed by atoms with E-state index in [1.54, 1.807) is 0 Å².